The molecule has 0 unspecified atom stereocenters. The van der Waals surface area contributed by atoms with Crippen molar-refractivity contribution in [1.29, 1.82) is 0 Å². The molecule has 0 radical (unpaired) electrons. The SMILES string of the molecule is CC(C)(C)CNC(=O)CC(C)(C)CC(=O)O. The van der Waals surface area contributed by atoms with E-state index in [-0.39, 0.29) is 24.2 Å². The summed E-state index contributed by atoms with van der Waals surface area (Å²) in [5.74, 6) is -0.949. The predicted octanol–water partition coefficient (Wildman–Crippen LogP) is 2.04. The lowest BCUT2D eigenvalue weighted by Gasteiger charge is -2.24. The average Bonchev–Trinajstić information content (AvgIpc) is 1.95. The molecule has 0 aliphatic rings. The first-order valence-corrected chi connectivity index (χ1v) is 5.50. The number of rotatable bonds is 5. The van der Waals surface area contributed by atoms with Gasteiger partial charge in [-0.05, 0) is 10.8 Å². The summed E-state index contributed by atoms with van der Waals surface area (Å²) in [6, 6.07) is 0. The number of carbonyl (C=O) groups is 2. The minimum atomic E-state index is -0.867. The molecule has 4 heteroatoms. The molecule has 0 aromatic heterocycles. The molecule has 0 aromatic carbocycles. The van der Waals surface area contributed by atoms with Crippen LogP contribution in [-0.2, 0) is 9.59 Å². The maximum atomic E-state index is 11.6. The van der Waals surface area contributed by atoms with Crippen LogP contribution in [0.25, 0.3) is 0 Å². The van der Waals surface area contributed by atoms with Gasteiger partial charge in [-0.25, -0.2) is 0 Å². The number of carboxylic acids is 1. The Bertz CT molecular complexity index is 264. The lowest BCUT2D eigenvalue weighted by atomic mass is 9.85. The van der Waals surface area contributed by atoms with Crippen LogP contribution >= 0.6 is 0 Å². The van der Waals surface area contributed by atoms with Gasteiger partial charge in [0, 0.05) is 13.0 Å². The van der Waals surface area contributed by atoms with E-state index in [1.54, 1.807) is 13.8 Å². The van der Waals surface area contributed by atoms with Crippen LogP contribution in [0.5, 0.6) is 0 Å². The molecule has 0 spiro atoms. The van der Waals surface area contributed by atoms with E-state index in [0.717, 1.165) is 0 Å². The van der Waals surface area contributed by atoms with Gasteiger partial charge in [-0.1, -0.05) is 34.6 Å². The predicted molar refractivity (Wildman–Crippen MR) is 63.1 cm³/mol. The lowest BCUT2D eigenvalue weighted by Crippen LogP contribution is -2.35. The van der Waals surface area contributed by atoms with Gasteiger partial charge in [0.1, 0.15) is 0 Å². The van der Waals surface area contributed by atoms with Crippen molar-refractivity contribution in [2.24, 2.45) is 10.8 Å². The zero-order chi connectivity index (χ0) is 13.0. The van der Waals surface area contributed by atoms with E-state index in [2.05, 4.69) is 5.32 Å². The van der Waals surface area contributed by atoms with Crippen molar-refractivity contribution in [2.75, 3.05) is 6.54 Å². The second-order valence-electron chi connectivity index (χ2n) is 6.25. The third kappa shape index (κ3) is 8.26. The number of carbonyl (C=O) groups excluding carboxylic acids is 1. The molecule has 94 valence electrons. The molecule has 0 saturated heterocycles. The zero-order valence-electron chi connectivity index (χ0n) is 10.9. The summed E-state index contributed by atoms with van der Waals surface area (Å²) < 4.78 is 0. The average molecular weight is 229 g/mol. The third-order valence-electron chi connectivity index (χ3n) is 2.08. The number of carboxylic acid groups (broad SMARTS) is 1. The van der Waals surface area contributed by atoms with Crippen LogP contribution in [0, 0.1) is 10.8 Å². The number of aliphatic carboxylic acids is 1. The standard InChI is InChI=1S/C12H23NO3/c1-11(2,3)8-13-9(14)6-12(4,5)7-10(15)16/h6-8H2,1-5H3,(H,13,14)(H,15,16). The summed E-state index contributed by atoms with van der Waals surface area (Å²) in [5.41, 5.74) is -0.444. The van der Waals surface area contributed by atoms with E-state index in [1.807, 2.05) is 20.8 Å². The Morgan fingerprint density at radius 2 is 1.56 bits per heavy atom. The van der Waals surface area contributed by atoms with Crippen molar-refractivity contribution in [3.05, 3.63) is 0 Å². The van der Waals surface area contributed by atoms with Crippen LogP contribution in [0.3, 0.4) is 0 Å². The Hall–Kier alpha value is -1.06. The van der Waals surface area contributed by atoms with Gasteiger partial charge in [0.25, 0.3) is 0 Å². The van der Waals surface area contributed by atoms with Crippen molar-refractivity contribution < 1.29 is 14.7 Å². The number of hydrogen-bond acceptors (Lipinski definition) is 2. The first kappa shape index (κ1) is 14.9. The topological polar surface area (TPSA) is 66.4 Å². The Morgan fingerprint density at radius 3 is 1.94 bits per heavy atom. The highest BCUT2D eigenvalue weighted by Crippen LogP contribution is 2.24. The molecule has 16 heavy (non-hydrogen) atoms. The van der Waals surface area contributed by atoms with Crippen molar-refractivity contribution in [3.8, 4) is 0 Å². The largest absolute Gasteiger partial charge is 0.481 e. The fourth-order valence-corrected chi connectivity index (χ4v) is 1.33. The highest BCUT2D eigenvalue weighted by atomic mass is 16.4. The van der Waals surface area contributed by atoms with Gasteiger partial charge in [-0.3, -0.25) is 9.59 Å². The quantitative estimate of drug-likeness (QED) is 0.758. The second kappa shape index (κ2) is 5.32. The normalized spacial score (nSPS) is 12.3. The summed E-state index contributed by atoms with van der Waals surface area (Å²) >= 11 is 0. The van der Waals surface area contributed by atoms with Gasteiger partial charge in [-0.2, -0.15) is 0 Å². The Kier molecular flexibility index (Phi) is 4.97. The monoisotopic (exact) mass is 229 g/mol. The molecular formula is C12H23NO3. The van der Waals surface area contributed by atoms with E-state index in [1.165, 1.54) is 0 Å². The molecular weight excluding hydrogens is 206 g/mol. The summed E-state index contributed by atoms with van der Waals surface area (Å²) in [6.45, 7) is 10.3. The Balaban J connectivity index is 4.09. The van der Waals surface area contributed by atoms with Crippen LogP contribution < -0.4 is 5.32 Å². The molecule has 0 atom stereocenters. The lowest BCUT2D eigenvalue weighted by molar-refractivity contribution is -0.139. The highest BCUT2D eigenvalue weighted by molar-refractivity contribution is 5.77. The summed E-state index contributed by atoms with van der Waals surface area (Å²) in [5, 5.41) is 11.5. The molecule has 0 fully saturated rings. The van der Waals surface area contributed by atoms with Crippen LogP contribution in [-0.4, -0.2) is 23.5 Å². The summed E-state index contributed by atoms with van der Waals surface area (Å²) in [7, 11) is 0. The van der Waals surface area contributed by atoms with Gasteiger partial charge in [0.2, 0.25) is 5.91 Å². The maximum Gasteiger partial charge on any atom is 0.303 e. The molecule has 0 aliphatic carbocycles. The van der Waals surface area contributed by atoms with E-state index >= 15 is 0 Å². The number of amides is 1. The molecule has 0 saturated carbocycles. The first-order chi connectivity index (χ1) is 7.02. The van der Waals surface area contributed by atoms with Crippen LogP contribution in [0.1, 0.15) is 47.5 Å². The maximum absolute atomic E-state index is 11.6. The number of hydrogen-bond donors (Lipinski definition) is 2. The molecule has 2 N–H and O–H groups in total. The van der Waals surface area contributed by atoms with Gasteiger partial charge >= 0.3 is 5.97 Å². The molecule has 0 heterocycles. The third-order valence-corrected chi connectivity index (χ3v) is 2.08. The molecule has 4 nitrogen and oxygen atoms in total. The van der Waals surface area contributed by atoms with E-state index < -0.39 is 11.4 Å². The van der Waals surface area contributed by atoms with Gasteiger partial charge in [-0.15, -0.1) is 0 Å². The molecule has 0 aromatic rings. The van der Waals surface area contributed by atoms with Crippen LogP contribution in [0.4, 0.5) is 0 Å². The molecule has 0 bridgehead atoms. The number of nitrogens with one attached hydrogen (secondary N) is 1. The van der Waals surface area contributed by atoms with Crippen molar-refractivity contribution >= 4 is 11.9 Å². The smallest absolute Gasteiger partial charge is 0.303 e. The van der Waals surface area contributed by atoms with Crippen molar-refractivity contribution in [1.82, 2.24) is 5.32 Å². The highest BCUT2D eigenvalue weighted by Gasteiger charge is 2.25. The summed E-state index contributed by atoms with van der Waals surface area (Å²) in [4.78, 5) is 22.2. The van der Waals surface area contributed by atoms with E-state index in [4.69, 9.17) is 5.11 Å². The van der Waals surface area contributed by atoms with Crippen molar-refractivity contribution in [3.63, 3.8) is 0 Å². The fourth-order valence-electron chi connectivity index (χ4n) is 1.33. The van der Waals surface area contributed by atoms with E-state index in [9.17, 15) is 9.59 Å². The fraction of sp³-hybridized carbons (Fsp3) is 0.833. The van der Waals surface area contributed by atoms with Crippen LogP contribution in [0.15, 0.2) is 0 Å². The zero-order valence-corrected chi connectivity index (χ0v) is 10.9. The minimum absolute atomic E-state index is 0.00986. The molecule has 0 rings (SSSR count). The van der Waals surface area contributed by atoms with Gasteiger partial charge in [0.15, 0.2) is 0 Å². The van der Waals surface area contributed by atoms with Crippen molar-refractivity contribution in [2.45, 2.75) is 47.5 Å². The Labute approximate surface area is 97.4 Å². The van der Waals surface area contributed by atoms with E-state index in [0.29, 0.717) is 6.54 Å². The molecule has 1 amide bonds. The van der Waals surface area contributed by atoms with Gasteiger partial charge in [0.05, 0.1) is 6.42 Å². The minimum Gasteiger partial charge on any atom is -0.481 e. The van der Waals surface area contributed by atoms with Gasteiger partial charge < -0.3 is 10.4 Å². The molecule has 0 aliphatic heterocycles. The second-order valence-corrected chi connectivity index (χ2v) is 6.25. The van der Waals surface area contributed by atoms with Crippen LogP contribution in [0.2, 0.25) is 0 Å². The first-order valence-electron chi connectivity index (χ1n) is 5.50. The Morgan fingerprint density at radius 1 is 1.06 bits per heavy atom. The summed E-state index contributed by atoms with van der Waals surface area (Å²) in [6.07, 6.45) is 0.255.